The molecule has 14 rings (SSSR count). The van der Waals surface area contributed by atoms with E-state index in [1.807, 2.05) is 6.07 Å². The van der Waals surface area contributed by atoms with Crippen LogP contribution in [0.3, 0.4) is 0 Å². The smallest absolute Gasteiger partial charge is 0.252 e. The summed E-state index contributed by atoms with van der Waals surface area (Å²) in [7, 11) is 0. The van der Waals surface area contributed by atoms with Crippen LogP contribution in [0.25, 0.3) is 55.3 Å². The Labute approximate surface area is 490 Å². The van der Waals surface area contributed by atoms with Gasteiger partial charge in [-0.25, -0.2) is 0 Å². The van der Waals surface area contributed by atoms with E-state index in [1.165, 1.54) is 72.4 Å². The largest absolute Gasteiger partial charge is 0.456 e. The molecule has 2 aliphatic heterocycles. The van der Waals surface area contributed by atoms with E-state index in [0.717, 1.165) is 67.2 Å². The zero-order valence-corrected chi connectivity index (χ0v) is 49.0. The number of anilines is 9. The van der Waals surface area contributed by atoms with Crippen LogP contribution >= 0.6 is 0 Å². The number of hydrogen-bond acceptors (Lipinski definition) is 4. The molecule has 5 heteroatoms. The molecule has 1 aromatic heterocycles. The van der Waals surface area contributed by atoms with Gasteiger partial charge >= 0.3 is 0 Å². The van der Waals surface area contributed by atoms with Crippen molar-refractivity contribution in [2.75, 3.05) is 14.7 Å². The van der Waals surface area contributed by atoms with Crippen molar-refractivity contribution in [3.05, 3.63) is 265 Å². The molecule has 0 radical (unpaired) electrons. The maximum absolute atomic E-state index is 6.43. The summed E-state index contributed by atoms with van der Waals surface area (Å²) in [6, 6.07) is 92.8. The number of benzene rings is 11. The van der Waals surface area contributed by atoms with Crippen molar-refractivity contribution in [3.8, 4) is 33.4 Å². The molecule has 0 bridgehead atoms. The Balaban J connectivity index is 1.03. The van der Waals surface area contributed by atoms with Crippen molar-refractivity contribution >= 4 is 96.2 Å². The molecule has 0 unspecified atom stereocenters. The fraction of sp³-hybridized carbons (Fsp3) is 0.154. The minimum atomic E-state index is -0.194. The standard InChI is InChI=1S/C78H68BN3O/c1-76(2,3)56-32-40-59(41-33-56)80(60-42-34-57(35-43-60)77(4,5)6)63-44-45-66-69(50-63)82(62-38-29-54(30-39-62)64-24-18-26-73-74(64)65-23-16-17-25-72(65)83-73)71-49-58(78(7,8)9)48-70-75(71)79(66)67-47-55(52-21-14-11-15-22-52)31-46-68(67)81(70)61-36-27-53(28-37-61)51-19-12-10-13-20-51/h10-50H,1-9H3. The van der Waals surface area contributed by atoms with Crippen LogP contribution < -0.4 is 31.1 Å². The maximum atomic E-state index is 6.43. The first-order valence-corrected chi connectivity index (χ1v) is 29.3. The van der Waals surface area contributed by atoms with Gasteiger partial charge in [0, 0.05) is 62.0 Å². The maximum Gasteiger partial charge on any atom is 0.252 e. The predicted molar refractivity (Wildman–Crippen MR) is 355 cm³/mol. The van der Waals surface area contributed by atoms with Gasteiger partial charge in [-0.2, -0.15) is 0 Å². The highest BCUT2D eigenvalue weighted by molar-refractivity contribution is 7.00. The Morgan fingerprint density at radius 3 is 1.40 bits per heavy atom. The summed E-state index contributed by atoms with van der Waals surface area (Å²) in [5, 5.41) is 2.26. The summed E-state index contributed by atoms with van der Waals surface area (Å²) in [6.45, 7) is 20.7. The lowest BCUT2D eigenvalue weighted by Crippen LogP contribution is -2.61. The second kappa shape index (κ2) is 19.7. The van der Waals surface area contributed by atoms with Crippen molar-refractivity contribution in [1.29, 1.82) is 0 Å². The summed E-state index contributed by atoms with van der Waals surface area (Å²) in [5.41, 5.74) is 26.6. The molecule has 0 aliphatic carbocycles. The van der Waals surface area contributed by atoms with Crippen molar-refractivity contribution in [2.45, 2.75) is 78.6 Å². The number of furan rings is 1. The third kappa shape index (κ3) is 9.11. The topological polar surface area (TPSA) is 22.9 Å². The van der Waals surface area contributed by atoms with E-state index in [-0.39, 0.29) is 23.0 Å². The van der Waals surface area contributed by atoms with Gasteiger partial charge in [0.25, 0.3) is 6.71 Å². The van der Waals surface area contributed by atoms with Crippen LogP contribution in [-0.4, -0.2) is 6.71 Å². The summed E-state index contributed by atoms with van der Waals surface area (Å²) in [6.07, 6.45) is 0. The lowest BCUT2D eigenvalue weighted by molar-refractivity contribution is 0.590. The van der Waals surface area contributed by atoms with Crippen LogP contribution in [-0.2, 0) is 16.2 Å². The quantitative estimate of drug-likeness (QED) is 0.141. The van der Waals surface area contributed by atoms with E-state index in [1.54, 1.807) is 0 Å². The van der Waals surface area contributed by atoms with Crippen molar-refractivity contribution < 1.29 is 4.42 Å². The minimum absolute atomic E-state index is 0.00836. The SMILES string of the molecule is CC(C)(C)c1ccc(N(c2ccc(C(C)(C)C)cc2)c2ccc3c(c2)N(c2ccc(-c4cccc5oc6ccccc6c45)cc2)c2cc(C(C)(C)C)cc4c2B3c2cc(-c3ccccc3)ccc2N4c2ccc(-c3ccccc3)cc2)cc1. The first kappa shape index (κ1) is 51.8. The normalized spacial score (nSPS) is 13.0. The van der Waals surface area contributed by atoms with Crippen molar-refractivity contribution in [2.24, 2.45) is 0 Å². The minimum Gasteiger partial charge on any atom is -0.456 e. The summed E-state index contributed by atoms with van der Waals surface area (Å²) >= 11 is 0. The highest BCUT2D eigenvalue weighted by Crippen LogP contribution is 2.49. The number of rotatable bonds is 8. The summed E-state index contributed by atoms with van der Waals surface area (Å²) < 4.78 is 6.43. The molecule has 12 aromatic rings. The number of hydrogen-bond donors (Lipinski definition) is 0. The van der Waals surface area contributed by atoms with Crippen LogP contribution in [0.1, 0.15) is 79.0 Å². The highest BCUT2D eigenvalue weighted by atomic mass is 16.3. The molecular formula is C78H68BN3O. The van der Waals surface area contributed by atoms with E-state index in [0.29, 0.717) is 0 Å². The molecule has 4 nitrogen and oxygen atoms in total. The lowest BCUT2D eigenvalue weighted by atomic mass is 9.33. The molecule has 404 valence electrons. The van der Waals surface area contributed by atoms with E-state index >= 15 is 0 Å². The highest BCUT2D eigenvalue weighted by Gasteiger charge is 2.45. The molecule has 0 saturated carbocycles. The van der Waals surface area contributed by atoms with Crippen LogP contribution in [0.5, 0.6) is 0 Å². The second-order valence-corrected chi connectivity index (χ2v) is 25.8. The van der Waals surface area contributed by atoms with Gasteiger partial charge in [-0.15, -0.1) is 0 Å². The zero-order chi connectivity index (χ0) is 56.9. The number of fused-ring (bicyclic) bond motifs is 7. The van der Waals surface area contributed by atoms with Crippen LogP contribution in [0, 0.1) is 0 Å². The van der Waals surface area contributed by atoms with Crippen molar-refractivity contribution in [3.63, 3.8) is 0 Å². The molecule has 3 heterocycles. The van der Waals surface area contributed by atoms with Crippen LogP contribution in [0.2, 0.25) is 0 Å². The monoisotopic (exact) mass is 1070 g/mol. The van der Waals surface area contributed by atoms with Gasteiger partial charge in [-0.05, 0) is 174 Å². The molecule has 83 heavy (non-hydrogen) atoms. The molecular weight excluding hydrogens is 1010 g/mol. The molecule has 0 atom stereocenters. The Bertz CT molecular complexity index is 4350. The molecule has 0 saturated heterocycles. The van der Waals surface area contributed by atoms with E-state index in [2.05, 4.69) is 320 Å². The first-order valence-electron chi connectivity index (χ1n) is 29.3. The first-order chi connectivity index (χ1) is 40.0. The zero-order valence-electron chi connectivity index (χ0n) is 49.0. The predicted octanol–water partition coefficient (Wildman–Crippen LogP) is 20.0. The van der Waals surface area contributed by atoms with Gasteiger partial charge in [0.1, 0.15) is 11.2 Å². The van der Waals surface area contributed by atoms with E-state index < -0.39 is 0 Å². The molecule has 0 amide bonds. The van der Waals surface area contributed by atoms with Gasteiger partial charge in [0.2, 0.25) is 0 Å². The van der Waals surface area contributed by atoms with Crippen molar-refractivity contribution in [1.82, 2.24) is 0 Å². The molecule has 0 N–H and O–H groups in total. The van der Waals surface area contributed by atoms with Crippen LogP contribution in [0.4, 0.5) is 51.2 Å². The number of para-hydroxylation sites is 1. The third-order valence-corrected chi connectivity index (χ3v) is 17.3. The average Bonchev–Trinajstić information content (AvgIpc) is 1.75. The Morgan fingerprint density at radius 2 is 0.819 bits per heavy atom. The van der Waals surface area contributed by atoms with Gasteiger partial charge in [0.15, 0.2) is 0 Å². The lowest BCUT2D eigenvalue weighted by Gasteiger charge is -2.45. The van der Waals surface area contributed by atoms with Gasteiger partial charge in [-0.1, -0.05) is 220 Å². The second-order valence-electron chi connectivity index (χ2n) is 25.8. The molecule has 11 aromatic carbocycles. The Kier molecular flexibility index (Phi) is 12.3. The molecule has 0 spiro atoms. The number of nitrogens with zero attached hydrogens (tertiary/aromatic N) is 3. The summed E-state index contributed by atoms with van der Waals surface area (Å²) in [4.78, 5) is 7.57. The van der Waals surface area contributed by atoms with Crippen LogP contribution in [0.15, 0.2) is 253 Å². The Morgan fingerprint density at radius 1 is 0.337 bits per heavy atom. The summed E-state index contributed by atoms with van der Waals surface area (Å²) in [5.74, 6) is 0. The Hall–Kier alpha value is -9.32. The molecule has 0 fully saturated rings. The van der Waals surface area contributed by atoms with E-state index in [4.69, 9.17) is 4.42 Å². The fourth-order valence-electron chi connectivity index (χ4n) is 12.8. The fourth-order valence-corrected chi connectivity index (χ4v) is 12.8. The molecule has 2 aliphatic rings. The average molecular weight is 1070 g/mol. The van der Waals surface area contributed by atoms with E-state index in [9.17, 15) is 0 Å². The third-order valence-electron chi connectivity index (χ3n) is 17.3. The van der Waals surface area contributed by atoms with Gasteiger partial charge in [-0.3, -0.25) is 0 Å². The van der Waals surface area contributed by atoms with Gasteiger partial charge in [0.05, 0.1) is 0 Å². The van der Waals surface area contributed by atoms with Gasteiger partial charge < -0.3 is 19.1 Å².